The van der Waals surface area contributed by atoms with Crippen LogP contribution in [0.15, 0.2) is 18.2 Å². The monoisotopic (exact) mass is 244 g/mol. The Hall–Kier alpha value is -1.73. The van der Waals surface area contributed by atoms with Crippen molar-refractivity contribution in [3.05, 3.63) is 23.8 Å². The molecule has 0 amide bonds. The number of nitrogens with one attached hydrogen (secondary N) is 1. The van der Waals surface area contributed by atoms with Crippen molar-refractivity contribution in [2.24, 2.45) is 5.73 Å². The van der Waals surface area contributed by atoms with Crippen LogP contribution in [0.3, 0.4) is 0 Å². The fraction of sp³-hybridized carbons (Fsp3) is 0.500. The van der Waals surface area contributed by atoms with Gasteiger partial charge in [-0.2, -0.15) is 5.26 Å². The van der Waals surface area contributed by atoms with Crippen molar-refractivity contribution in [2.75, 3.05) is 29.9 Å². The minimum Gasteiger partial charge on any atom is -0.382 e. The summed E-state index contributed by atoms with van der Waals surface area (Å²) in [4.78, 5) is 2.35. The number of nitrogens with two attached hydrogens (primary N) is 1. The zero-order valence-electron chi connectivity index (χ0n) is 11.0. The van der Waals surface area contributed by atoms with Crippen molar-refractivity contribution in [2.45, 2.75) is 25.8 Å². The van der Waals surface area contributed by atoms with Gasteiger partial charge < -0.3 is 16.0 Å². The summed E-state index contributed by atoms with van der Waals surface area (Å²) in [5, 5.41) is 12.4. The number of anilines is 2. The van der Waals surface area contributed by atoms with Crippen LogP contribution in [0.5, 0.6) is 0 Å². The lowest BCUT2D eigenvalue weighted by Crippen LogP contribution is -2.49. The van der Waals surface area contributed by atoms with Gasteiger partial charge in [0.1, 0.15) is 0 Å². The highest BCUT2D eigenvalue weighted by Gasteiger charge is 2.29. The minimum atomic E-state index is 0.0136. The average Bonchev–Trinajstić information content (AvgIpc) is 2.37. The first-order chi connectivity index (χ1) is 8.58. The van der Waals surface area contributed by atoms with E-state index in [9.17, 15) is 0 Å². The number of hydrogen-bond acceptors (Lipinski definition) is 4. The molecule has 4 heteroatoms. The lowest BCUT2D eigenvalue weighted by atomic mass is 9.95. The van der Waals surface area contributed by atoms with Crippen LogP contribution in [0.25, 0.3) is 0 Å². The Labute approximate surface area is 108 Å². The van der Waals surface area contributed by atoms with E-state index in [0.717, 1.165) is 30.9 Å². The molecule has 0 spiro atoms. The Morgan fingerprint density at radius 2 is 2.28 bits per heavy atom. The molecule has 0 aromatic heterocycles. The fourth-order valence-corrected chi connectivity index (χ4v) is 2.51. The number of nitrogens with zero attached hydrogens (tertiary/aromatic N) is 2. The molecule has 0 radical (unpaired) electrons. The first-order valence-corrected chi connectivity index (χ1v) is 6.34. The topological polar surface area (TPSA) is 65.1 Å². The van der Waals surface area contributed by atoms with E-state index in [-0.39, 0.29) is 5.54 Å². The smallest absolute Gasteiger partial charge is 0.0992 e. The molecule has 3 N–H and O–H groups in total. The zero-order chi connectivity index (χ0) is 13.2. The molecular weight excluding hydrogens is 224 g/mol. The molecule has 1 aliphatic rings. The number of benzene rings is 1. The van der Waals surface area contributed by atoms with Gasteiger partial charge in [-0.15, -0.1) is 0 Å². The summed E-state index contributed by atoms with van der Waals surface area (Å²) in [7, 11) is 0. The molecule has 1 heterocycles. The SMILES string of the molecule is CC(C)(CCN)N1CCNc2ccc(C#N)cc21. The molecule has 0 atom stereocenters. The Morgan fingerprint density at radius 1 is 1.50 bits per heavy atom. The van der Waals surface area contributed by atoms with Crippen LogP contribution >= 0.6 is 0 Å². The van der Waals surface area contributed by atoms with Crippen LogP contribution in [-0.2, 0) is 0 Å². The normalized spacial score (nSPS) is 14.7. The molecule has 0 saturated heterocycles. The second-order valence-corrected chi connectivity index (χ2v) is 5.27. The number of nitriles is 1. The molecule has 1 aromatic carbocycles. The van der Waals surface area contributed by atoms with Gasteiger partial charge in [-0.05, 0) is 45.0 Å². The summed E-state index contributed by atoms with van der Waals surface area (Å²) in [5.74, 6) is 0. The van der Waals surface area contributed by atoms with E-state index in [4.69, 9.17) is 11.0 Å². The van der Waals surface area contributed by atoms with Crippen LogP contribution in [-0.4, -0.2) is 25.2 Å². The van der Waals surface area contributed by atoms with E-state index >= 15 is 0 Å². The first-order valence-electron chi connectivity index (χ1n) is 6.34. The molecule has 0 fully saturated rings. The van der Waals surface area contributed by atoms with Crippen LogP contribution in [0, 0.1) is 11.3 Å². The maximum absolute atomic E-state index is 9.02. The number of fused-ring (bicyclic) bond motifs is 1. The third-order valence-corrected chi connectivity index (χ3v) is 3.56. The standard InChI is InChI=1S/C14H20N4/c1-14(2,5-6-15)18-8-7-17-12-4-3-11(10-16)9-13(12)18/h3-4,9,17H,5-8,15H2,1-2H3. The van der Waals surface area contributed by atoms with Crippen LogP contribution in [0.4, 0.5) is 11.4 Å². The minimum absolute atomic E-state index is 0.0136. The summed E-state index contributed by atoms with van der Waals surface area (Å²) >= 11 is 0. The predicted octanol–water partition coefficient (Wildman–Crippen LogP) is 1.92. The average molecular weight is 244 g/mol. The fourth-order valence-electron chi connectivity index (χ4n) is 2.51. The lowest BCUT2D eigenvalue weighted by Gasteiger charge is -2.44. The molecule has 0 bridgehead atoms. The van der Waals surface area contributed by atoms with Gasteiger partial charge in [-0.1, -0.05) is 0 Å². The Morgan fingerprint density at radius 3 is 2.94 bits per heavy atom. The molecular formula is C14H20N4. The van der Waals surface area contributed by atoms with Gasteiger partial charge in [-0.25, -0.2) is 0 Å². The van der Waals surface area contributed by atoms with Crippen molar-refractivity contribution in [1.29, 1.82) is 5.26 Å². The summed E-state index contributed by atoms with van der Waals surface area (Å²) < 4.78 is 0. The summed E-state index contributed by atoms with van der Waals surface area (Å²) in [5.41, 5.74) is 8.63. The van der Waals surface area contributed by atoms with E-state index in [1.54, 1.807) is 0 Å². The van der Waals surface area contributed by atoms with E-state index in [2.05, 4.69) is 30.1 Å². The van der Waals surface area contributed by atoms with Crippen molar-refractivity contribution in [3.8, 4) is 6.07 Å². The van der Waals surface area contributed by atoms with E-state index in [0.29, 0.717) is 12.1 Å². The number of hydrogen-bond donors (Lipinski definition) is 2. The summed E-state index contributed by atoms with van der Waals surface area (Å²) in [6, 6.07) is 8.00. The van der Waals surface area contributed by atoms with Gasteiger partial charge in [0.15, 0.2) is 0 Å². The molecule has 0 aliphatic carbocycles. The van der Waals surface area contributed by atoms with Gasteiger partial charge in [0.2, 0.25) is 0 Å². The molecule has 0 saturated carbocycles. The van der Waals surface area contributed by atoms with Crippen LogP contribution < -0.4 is 16.0 Å². The van der Waals surface area contributed by atoms with Gasteiger partial charge in [0, 0.05) is 18.6 Å². The molecule has 1 aliphatic heterocycles. The Balaban J connectivity index is 2.40. The van der Waals surface area contributed by atoms with E-state index in [1.807, 2.05) is 18.2 Å². The highest BCUT2D eigenvalue weighted by Crippen LogP contribution is 2.35. The predicted molar refractivity (Wildman–Crippen MR) is 74.7 cm³/mol. The second kappa shape index (κ2) is 4.87. The second-order valence-electron chi connectivity index (χ2n) is 5.27. The Kier molecular flexibility index (Phi) is 3.44. The first kappa shape index (κ1) is 12.7. The molecule has 18 heavy (non-hydrogen) atoms. The molecule has 2 rings (SSSR count). The highest BCUT2D eigenvalue weighted by molar-refractivity contribution is 5.74. The quantitative estimate of drug-likeness (QED) is 0.852. The number of rotatable bonds is 3. The maximum atomic E-state index is 9.02. The maximum Gasteiger partial charge on any atom is 0.0992 e. The van der Waals surface area contributed by atoms with Gasteiger partial charge in [0.25, 0.3) is 0 Å². The van der Waals surface area contributed by atoms with Crippen LogP contribution in [0.1, 0.15) is 25.8 Å². The van der Waals surface area contributed by atoms with Gasteiger partial charge in [-0.3, -0.25) is 0 Å². The van der Waals surface area contributed by atoms with Crippen molar-refractivity contribution >= 4 is 11.4 Å². The molecule has 1 aromatic rings. The molecule has 4 nitrogen and oxygen atoms in total. The molecule has 96 valence electrons. The lowest BCUT2D eigenvalue weighted by molar-refractivity contribution is 0.433. The summed E-state index contributed by atoms with van der Waals surface area (Å²) in [6.45, 7) is 6.94. The third kappa shape index (κ3) is 2.27. The largest absolute Gasteiger partial charge is 0.382 e. The van der Waals surface area contributed by atoms with Gasteiger partial charge in [0.05, 0.1) is 23.0 Å². The van der Waals surface area contributed by atoms with Crippen molar-refractivity contribution in [3.63, 3.8) is 0 Å². The van der Waals surface area contributed by atoms with Crippen molar-refractivity contribution < 1.29 is 0 Å². The third-order valence-electron chi connectivity index (χ3n) is 3.56. The summed E-state index contributed by atoms with van der Waals surface area (Å²) in [6.07, 6.45) is 0.934. The highest BCUT2D eigenvalue weighted by atomic mass is 15.2. The van der Waals surface area contributed by atoms with Crippen molar-refractivity contribution in [1.82, 2.24) is 0 Å². The van der Waals surface area contributed by atoms with E-state index in [1.165, 1.54) is 0 Å². The van der Waals surface area contributed by atoms with Crippen LogP contribution in [0.2, 0.25) is 0 Å². The van der Waals surface area contributed by atoms with Gasteiger partial charge >= 0.3 is 0 Å². The Bertz CT molecular complexity index is 473. The van der Waals surface area contributed by atoms with E-state index < -0.39 is 0 Å². The zero-order valence-corrected chi connectivity index (χ0v) is 11.0. The molecule has 0 unspecified atom stereocenters.